The Labute approximate surface area is 229 Å². The SMILES string of the molecule is Cc1ccc(-c2cc3c4c(ccc5cc(-c6ccc(C)c7ccccc67)cc(c54)C3(C)C)c2)c2ccccc12. The minimum atomic E-state index is -0.0901. The number of hydrogen-bond donors (Lipinski definition) is 0. The van der Waals surface area contributed by atoms with Crippen molar-refractivity contribution in [2.75, 3.05) is 0 Å². The highest BCUT2D eigenvalue weighted by Crippen LogP contribution is 2.51. The Morgan fingerprint density at radius 2 is 0.846 bits per heavy atom. The van der Waals surface area contributed by atoms with Gasteiger partial charge in [0.2, 0.25) is 0 Å². The number of fused-ring (bicyclic) bond motifs is 2. The highest BCUT2D eigenvalue weighted by atomic mass is 14.4. The predicted octanol–water partition coefficient (Wildman–Crippen LogP) is 10.9. The highest BCUT2D eigenvalue weighted by molar-refractivity contribution is 6.17. The van der Waals surface area contributed by atoms with Crippen molar-refractivity contribution >= 4 is 43.1 Å². The standard InChI is InChI=1S/C39H30/c1-23-13-17-31(33-11-7-5-9-29(23)33)27-19-25-15-16-26-20-28(22-36-38(26)37(25)35(21-27)39(36,3)4)32-18-14-24(2)30-10-6-8-12-34(30)32/h5-22H,1-4H3. The molecule has 1 aliphatic carbocycles. The molecule has 39 heavy (non-hydrogen) atoms. The molecular formula is C39H30. The van der Waals surface area contributed by atoms with Crippen LogP contribution < -0.4 is 0 Å². The van der Waals surface area contributed by atoms with Crippen molar-refractivity contribution in [3.63, 3.8) is 0 Å². The molecule has 0 heteroatoms. The van der Waals surface area contributed by atoms with Gasteiger partial charge in [-0.3, -0.25) is 0 Å². The monoisotopic (exact) mass is 498 g/mol. The van der Waals surface area contributed by atoms with Gasteiger partial charge in [0.15, 0.2) is 0 Å². The van der Waals surface area contributed by atoms with Gasteiger partial charge in [0, 0.05) is 5.41 Å². The Kier molecular flexibility index (Phi) is 4.51. The van der Waals surface area contributed by atoms with E-state index in [0.717, 1.165) is 0 Å². The van der Waals surface area contributed by atoms with Crippen molar-refractivity contribution < 1.29 is 0 Å². The van der Waals surface area contributed by atoms with Crippen LogP contribution in [-0.2, 0) is 5.41 Å². The zero-order valence-corrected chi connectivity index (χ0v) is 22.9. The van der Waals surface area contributed by atoms with E-state index >= 15 is 0 Å². The van der Waals surface area contributed by atoms with Gasteiger partial charge in [0.1, 0.15) is 0 Å². The van der Waals surface area contributed by atoms with Gasteiger partial charge in [-0.05, 0) is 126 Å². The van der Waals surface area contributed by atoms with Gasteiger partial charge < -0.3 is 0 Å². The topological polar surface area (TPSA) is 0 Å². The molecule has 0 saturated heterocycles. The lowest BCUT2D eigenvalue weighted by Crippen LogP contribution is -2.15. The van der Waals surface area contributed by atoms with E-state index in [4.69, 9.17) is 0 Å². The molecule has 186 valence electrons. The van der Waals surface area contributed by atoms with Crippen LogP contribution in [0.3, 0.4) is 0 Å². The smallest absolute Gasteiger partial charge is 0.0159 e. The third-order valence-corrected chi connectivity index (χ3v) is 9.28. The largest absolute Gasteiger partial charge is 0.0616 e. The summed E-state index contributed by atoms with van der Waals surface area (Å²) >= 11 is 0. The second-order valence-corrected chi connectivity index (χ2v) is 11.9. The molecule has 0 fully saturated rings. The Morgan fingerprint density at radius 1 is 0.436 bits per heavy atom. The van der Waals surface area contributed by atoms with Crippen molar-refractivity contribution in [2.24, 2.45) is 0 Å². The predicted molar refractivity (Wildman–Crippen MR) is 169 cm³/mol. The van der Waals surface area contributed by atoms with Crippen LogP contribution in [0.2, 0.25) is 0 Å². The molecule has 1 aliphatic rings. The molecule has 0 aliphatic heterocycles. The number of aryl methyl sites for hydroxylation is 2. The quantitative estimate of drug-likeness (QED) is 0.208. The first-order valence-electron chi connectivity index (χ1n) is 13.9. The van der Waals surface area contributed by atoms with Crippen LogP contribution in [0.25, 0.3) is 65.3 Å². The molecule has 0 N–H and O–H groups in total. The lowest BCUT2D eigenvalue weighted by atomic mass is 9.79. The average Bonchev–Trinajstić information content (AvgIpc) is 3.19. The molecular weight excluding hydrogens is 468 g/mol. The molecule has 0 saturated carbocycles. The molecule has 0 unspecified atom stereocenters. The summed E-state index contributed by atoms with van der Waals surface area (Å²) < 4.78 is 0. The molecule has 0 aromatic heterocycles. The van der Waals surface area contributed by atoms with Crippen molar-refractivity contribution in [3.8, 4) is 22.3 Å². The van der Waals surface area contributed by atoms with E-state index in [1.807, 2.05) is 0 Å². The summed E-state index contributed by atoms with van der Waals surface area (Å²) in [5, 5.41) is 10.8. The van der Waals surface area contributed by atoms with Gasteiger partial charge in [-0.2, -0.15) is 0 Å². The van der Waals surface area contributed by atoms with Crippen molar-refractivity contribution in [1.29, 1.82) is 0 Å². The summed E-state index contributed by atoms with van der Waals surface area (Å²) in [5.41, 5.74) is 10.7. The van der Waals surface area contributed by atoms with E-state index in [2.05, 4.69) is 137 Å². The van der Waals surface area contributed by atoms with E-state index in [0.29, 0.717) is 0 Å². The van der Waals surface area contributed by atoms with Gasteiger partial charge in [-0.25, -0.2) is 0 Å². The second kappa shape index (κ2) is 7.80. The number of hydrogen-bond acceptors (Lipinski definition) is 0. The number of rotatable bonds is 2. The van der Waals surface area contributed by atoms with Gasteiger partial charge >= 0.3 is 0 Å². The maximum Gasteiger partial charge on any atom is 0.0159 e. The molecule has 0 atom stereocenters. The van der Waals surface area contributed by atoms with Gasteiger partial charge in [-0.1, -0.05) is 98.8 Å². The third-order valence-electron chi connectivity index (χ3n) is 9.28. The van der Waals surface area contributed by atoms with Gasteiger partial charge in [0.05, 0.1) is 0 Å². The van der Waals surface area contributed by atoms with E-state index < -0.39 is 0 Å². The third kappa shape index (κ3) is 3.06. The van der Waals surface area contributed by atoms with Crippen LogP contribution in [0.1, 0.15) is 36.1 Å². The lowest BCUT2D eigenvalue weighted by Gasteiger charge is -2.24. The Balaban J connectivity index is 1.39. The van der Waals surface area contributed by atoms with Crippen LogP contribution in [0.15, 0.2) is 109 Å². The summed E-state index contributed by atoms with van der Waals surface area (Å²) in [4.78, 5) is 0. The first-order valence-corrected chi connectivity index (χ1v) is 13.9. The summed E-state index contributed by atoms with van der Waals surface area (Å²) in [6, 6.07) is 41.2. The summed E-state index contributed by atoms with van der Waals surface area (Å²) in [6.45, 7) is 9.23. The second-order valence-electron chi connectivity index (χ2n) is 11.9. The van der Waals surface area contributed by atoms with E-state index in [-0.39, 0.29) is 5.41 Å². The highest BCUT2D eigenvalue weighted by Gasteiger charge is 2.35. The molecule has 0 bridgehead atoms. The summed E-state index contributed by atoms with van der Waals surface area (Å²) in [7, 11) is 0. The number of benzene rings is 7. The van der Waals surface area contributed by atoms with Crippen LogP contribution in [-0.4, -0.2) is 0 Å². The molecule has 0 amide bonds. The zero-order chi connectivity index (χ0) is 26.5. The van der Waals surface area contributed by atoms with E-state index in [9.17, 15) is 0 Å². The van der Waals surface area contributed by atoms with Crippen molar-refractivity contribution in [2.45, 2.75) is 33.1 Å². The van der Waals surface area contributed by atoms with Gasteiger partial charge in [0.25, 0.3) is 0 Å². The maximum absolute atomic E-state index is 2.47. The first kappa shape index (κ1) is 22.6. The molecule has 7 aromatic rings. The Bertz CT molecular complexity index is 2000. The lowest BCUT2D eigenvalue weighted by molar-refractivity contribution is 0.663. The summed E-state index contributed by atoms with van der Waals surface area (Å²) in [6.07, 6.45) is 0. The fraction of sp³-hybridized carbons (Fsp3) is 0.128. The average molecular weight is 499 g/mol. The molecule has 7 aromatic carbocycles. The molecule has 0 radical (unpaired) electrons. The maximum atomic E-state index is 2.47. The fourth-order valence-electron chi connectivity index (χ4n) is 7.17. The normalized spacial score (nSPS) is 13.8. The summed E-state index contributed by atoms with van der Waals surface area (Å²) in [5.74, 6) is 0. The van der Waals surface area contributed by atoms with Crippen LogP contribution in [0.5, 0.6) is 0 Å². The van der Waals surface area contributed by atoms with Crippen molar-refractivity contribution in [3.05, 3.63) is 131 Å². The van der Waals surface area contributed by atoms with E-state index in [1.165, 1.54) is 87.6 Å². The Hall–Kier alpha value is -4.42. The molecule has 8 rings (SSSR count). The minimum absolute atomic E-state index is 0.0901. The Morgan fingerprint density at radius 3 is 1.28 bits per heavy atom. The molecule has 0 nitrogen and oxygen atoms in total. The van der Waals surface area contributed by atoms with E-state index in [1.54, 1.807) is 0 Å². The molecule has 0 heterocycles. The molecule has 0 spiro atoms. The van der Waals surface area contributed by atoms with Crippen LogP contribution >= 0.6 is 0 Å². The minimum Gasteiger partial charge on any atom is -0.0616 e. The first-order chi connectivity index (χ1) is 18.9. The van der Waals surface area contributed by atoms with Crippen molar-refractivity contribution in [1.82, 2.24) is 0 Å². The fourth-order valence-corrected chi connectivity index (χ4v) is 7.17. The van der Waals surface area contributed by atoms with Crippen LogP contribution in [0, 0.1) is 13.8 Å². The van der Waals surface area contributed by atoms with Crippen LogP contribution in [0.4, 0.5) is 0 Å². The van der Waals surface area contributed by atoms with Gasteiger partial charge in [-0.15, -0.1) is 0 Å². The zero-order valence-electron chi connectivity index (χ0n) is 22.9.